The van der Waals surface area contributed by atoms with Gasteiger partial charge in [0.05, 0.1) is 13.2 Å². The van der Waals surface area contributed by atoms with Crippen LogP contribution in [0.3, 0.4) is 0 Å². The third kappa shape index (κ3) is 2.52. The van der Waals surface area contributed by atoms with Crippen LogP contribution >= 0.6 is 0 Å². The Balaban J connectivity index is 2.40. The van der Waals surface area contributed by atoms with E-state index in [0.29, 0.717) is 12.1 Å². The lowest BCUT2D eigenvalue weighted by molar-refractivity contribution is 0.381. The van der Waals surface area contributed by atoms with Crippen molar-refractivity contribution in [2.24, 2.45) is 0 Å². The highest BCUT2D eigenvalue weighted by Crippen LogP contribution is 2.33. The number of benzene rings is 1. The summed E-state index contributed by atoms with van der Waals surface area (Å²) in [6.07, 6.45) is 2.48. The number of rotatable bonds is 4. The fraction of sp³-hybridized carbons (Fsp3) is 0.600. The van der Waals surface area contributed by atoms with Gasteiger partial charge in [-0.3, -0.25) is 0 Å². The Morgan fingerprint density at radius 2 is 2.17 bits per heavy atom. The number of hydrogen-bond acceptors (Lipinski definition) is 3. The molecule has 0 aliphatic carbocycles. The molecule has 3 heteroatoms. The van der Waals surface area contributed by atoms with Crippen molar-refractivity contribution in [1.29, 1.82) is 0 Å². The Labute approximate surface area is 110 Å². The quantitative estimate of drug-likeness (QED) is 0.858. The van der Waals surface area contributed by atoms with Crippen LogP contribution in [-0.2, 0) is 0 Å². The van der Waals surface area contributed by atoms with Crippen molar-refractivity contribution >= 4 is 0 Å². The van der Waals surface area contributed by atoms with Crippen LogP contribution in [0, 0.1) is 13.8 Å². The topological polar surface area (TPSA) is 33.3 Å². The first-order chi connectivity index (χ1) is 8.67. The molecule has 100 valence electrons. The molecule has 2 unspecified atom stereocenters. The zero-order valence-electron chi connectivity index (χ0n) is 11.8. The maximum Gasteiger partial charge on any atom is 0.124 e. The summed E-state index contributed by atoms with van der Waals surface area (Å²) >= 11 is 0. The highest BCUT2D eigenvalue weighted by Gasteiger charge is 2.28. The van der Waals surface area contributed by atoms with Gasteiger partial charge in [0.25, 0.3) is 0 Å². The normalized spacial score (nSPS) is 21.0. The Morgan fingerprint density at radius 3 is 2.72 bits per heavy atom. The Kier molecular flexibility index (Phi) is 4.25. The van der Waals surface area contributed by atoms with Crippen molar-refractivity contribution < 1.29 is 4.74 Å². The number of likely N-dealkylation sites (N-methyl/N-ethyl adjacent to an activating group) is 1. The van der Waals surface area contributed by atoms with Crippen molar-refractivity contribution in [3.05, 3.63) is 28.8 Å². The molecule has 1 saturated heterocycles. The summed E-state index contributed by atoms with van der Waals surface area (Å²) in [6.45, 7) is 5.40. The molecule has 0 radical (unpaired) electrons. The monoisotopic (exact) mass is 248 g/mol. The fourth-order valence-corrected chi connectivity index (χ4v) is 3.05. The van der Waals surface area contributed by atoms with E-state index in [9.17, 15) is 0 Å². The molecule has 1 aromatic rings. The molecule has 0 aromatic heterocycles. The predicted octanol–water partition coefficient (Wildman–Crippen LogP) is 2.32. The van der Waals surface area contributed by atoms with Crippen LogP contribution in [0.4, 0.5) is 0 Å². The van der Waals surface area contributed by atoms with E-state index < -0.39 is 0 Å². The first-order valence-corrected chi connectivity index (χ1v) is 6.73. The van der Waals surface area contributed by atoms with Crippen LogP contribution in [0.15, 0.2) is 12.1 Å². The molecular formula is C15H24N2O. The van der Waals surface area contributed by atoms with E-state index in [1.165, 1.54) is 29.5 Å². The molecule has 1 aliphatic heterocycles. The molecule has 0 spiro atoms. The van der Waals surface area contributed by atoms with Crippen LogP contribution in [0.5, 0.6) is 5.75 Å². The van der Waals surface area contributed by atoms with E-state index >= 15 is 0 Å². The van der Waals surface area contributed by atoms with Crippen LogP contribution in [0.25, 0.3) is 0 Å². The second-order valence-corrected chi connectivity index (χ2v) is 5.17. The lowest BCUT2D eigenvalue weighted by Gasteiger charge is -2.27. The van der Waals surface area contributed by atoms with Gasteiger partial charge in [-0.15, -0.1) is 0 Å². The minimum absolute atomic E-state index is 0.322. The molecule has 1 aliphatic rings. The summed E-state index contributed by atoms with van der Waals surface area (Å²) in [6, 6.07) is 5.19. The van der Waals surface area contributed by atoms with Crippen molar-refractivity contribution in [2.75, 3.05) is 20.7 Å². The molecule has 1 aromatic carbocycles. The van der Waals surface area contributed by atoms with Gasteiger partial charge >= 0.3 is 0 Å². The highest BCUT2D eigenvalue weighted by atomic mass is 16.5. The molecule has 2 N–H and O–H groups in total. The number of hydrogen-bond donors (Lipinski definition) is 2. The summed E-state index contributed by atoms with van der Waals surface area (Å²) in [5.74, 6) is 1.00. The summed E-state index contributed by atoms with van der Waals surface area (Å²) < 4.78 is 5.58. The smallest absolute Gasteiger partial charge is 0.124 e. The van der Waals surface area contributed by atoms with Gasteiger partial charge in [-0.2, -0.15) is 0 Å². The van der Waals surface area contributed by atoms with E-state index in [2.05, 4.69) is 36.6 Å². The lowest BCUT2D eigenvalue weighted by Crippen LogP contribution is -2.36. The maximum atomic E-state index is 5.58. The summed E-state index contributed by atoms with van der Waals surface area (Å²) in [4.78, 5) is 0. The van der Waals surface area contributed by atoms with Gasteiger partial charge in [-0.1, -0.05) is 6.07 Å². The third-order valence-corrected chi connectivity index (χ3v) is 3.84. The van der Waals surface area contributed by atoms with Crippen LogP contribution in [0.2, 0.25) is 0 Å². The largest absolute Gasteiger partial charge is 0.496 e. The zero-order valence-corrected chi connectivity index (χ0v) is 11.8. The molecule has 1 fully saturated rings. The molecule has 0 saturated carbocycles. The molecular weight excluding hydrogens is 224 g/mol. The van der Waals surface area contributed by atoms with E-state index in [0.717, 1.165) is 12.3 Å². The van der Waals surface area contributed by atoms with E-state index in [-0.39, 0.29) is 0 Å². The summed E-state index contributed by atoms with van der Waals surface area (Å²) in [5.41, 5.74) is 3.85. The van der Waals surface area contributed by atoms with Crippen LogP contribution < -0.4 is 15.4 Å². The van der Waals surface area contributed by atoms with Gasteiger partial charge < -0.3 is 15.4 Å². The SMILES string of the molecule is CNC(c1c(C)cc(C)cc1OC)C1CCCN1. The highest BCUT2D eigenvalue weighted by molar-refractivity contribution is 5.45. The lowest BCUT2D eigenvalue weighted by atomic mass is 9.92. The van der Waals surface area contributed by atoms with Crippen molar-refractivity contribution in [3.8, 4) is 5.75 Å². The van der Waals surface area contributed by atoms with Gasteiger partial charge in [-0.05, 0) is 57.5 Å². The van der Waals surface area contributed by atoms with E-state index in [1.54, 1.807) is 7.11 Å². The fourth-order valence-electron chi connectivity index (χ4n) is 3.05. The Morgan fingerprint density at radius 1 is 1.39 bits per heavy atom. The van der Waals surface area contributed by atoms with Crippen molar-refractivity contribution in [3.63, 3.8) is 0 Å². The molecule has 2 atom stereocenters. The number of aryl methyl sites for hydroxylation is 2. The Hall–Kier alpha value is -1.06. The minimum Gasteiger partial charge on any atom is -0.496 e. The molecule has 18 heavy (non-hydrogen) atoms. The first-order valence-electron chi connectivity index (χ1n) is 6.73. The van der Waals surface area contributed by atoms with Gasteiger partial charge in [0, 0.05) is 11.6 Å². The summed E-state index contributed by atoms with van der Waals surface area (Å²) in [7, 11) is 3.79. The number of nitrogens with one attached hydrogen (secondary N) is 2. The second-order valence-electron chi connectivity index (χ2n) is 5.17. The van der Waals surface area contributed by atoms with Gasteiger partial charge in [0.1, 0.15) is 5.75 Å². The number of ether oxygens (including phenoxy) is 1. The average Bonchev–Trinajstić information content (AvgIpc) is 2.85. The zero-order chi connectivity index (χ0) is 13.1. The third-order valence-electron chi connectivity index (χ3n) is 3.84. The molecule has 0 bridgehead atoms. The maximum absolute atomic E-state index is 5.58. The standard InChI is InChI=1S/C15H24N2O/c1-10-8-11(2)14(13(9-10)18-4)15(16-3)12-6-5-7-17-12/h8-9,12,15-17H,5-7H2,1-4H3. The van der Waals surface area contributed by atoms with Gasteiger partial charge in [-0.25, -0.2) is 0 Å². The van der Waals surface area contributed by atoms with Crippen molar-refractivity contribution in [1.82, 2.24) is 10.6 Å². The summed E-state index contributed by atoms with van der Waals surface area (Å²) in [5, 5.41) is 7.03. The molecule has 3 nitrogen and oxygen atoms in total. The van der Waals surface area contributed by atoms with Crippen LogP contribution in [-0.4, -0.2) is 26.7 Å². The van der Waals surface area contributed by atoms with E-state index in [4.69, 9.17) is 4.74 Å². The van der Waals surface area contributed by atoms with Gasteiger partial charge in [0.2, 0.25) is 0 Å². The van der Waals surface area contributed by atoms with Gasteiger partial charge in [0.15, 0.2) is 0 Å². The Bertz CT molecular complexity index is 411. The average molecular weight is 248 g/mol. The molecule has 2 rings (SSSR count). The van der Waals surface area contributed by atoms with E-state index in [1.807, 2.05) is 7.05 Å². The molecule has 0 amide bonds. The minimum atomic E-state index is 0.322. The first kappa shape index (κ1) is 13.4. The number of methoxy groups -OCH3 is 1. The van der Waals surface area contributed by atoms with Crippen LogP contribution in [0.1, 0.15) is 35.6 Å². The van der Waals surface area contributed by atoms with Crippen molar-refractivity contribution in [2.45, 2.75) is 38.8 Å². The molecule has 1 heterocycles. The second kappa shape index (κ2) is 5.72. The predicted molar refractivity (Wildman–Crippen MR) is 75.3 cm³/mol.